The van der Waals surface area contributed by atoms with Gasteiger partial charge in [-0.05, 0) is 148 Å². The number of hydrogen-bond acceptors (Lipinski definition) is 10. The van der Waals surface area contributed by atoms with Gasteiger partial charge in [0.2, 0.25) is 0 Å². The Balaban J connectivity index is 0.986. The van der Waals surface area contributed by atoms with Gasteiger partial charge in [-0.25, -0.2) is 29.9 Å². The first-order valence-electron chi connectivity index (χ1n) is 24.2. The van der Waals surface area contributed by atoms with E-state index in [-0.39, 0.29) is 0 Å². The van der Waals surface area contributed by atoms with E-state index in [4.69, 9.17) is 29.9 Å². The second-order valence-corrected chi connectivity index (χ2v) is 21.9. The zero-order valence-electron chi connectivity index (χ0n) is 39.1. The third kappa shape index (κ3) is 7.17. The van der Waals surface area contributed by atoms with Gasteiger partial charge < -0.3 is 0 Å². The van der Waals surface area contributed by atoms with E-state index in [9.17, 15) is 0 Å². The van der Waals surface area contributed by atoms with Crippen molar-refractivity contribution in [2.24, 2.45) is 0 Å². The van der Waals surface area contributed by atoms with Crippen LogP contribution in [0, 0.1) is 0 Å². The maximum absolute atomic E-state index is 5.35. The van der Waals surface area contributed by atoms with Crippen molar-refractivity contribution in [2.75, 3.05) is 0 Å². The third-order valence-corrected chi connectivity index (χ3v) is 17.8. The standard InChI is InChI=1S/C64H36N6S4/c1-3-11-37(12-4-1)53-45-25-23-44(60-67-63(49-21-9-17-41-29-33-73-57(41)49)70-64(68-60)50-22-10-18-42-30-34-74-58(42)50)36-52(45)54(38-13-5-2-6-14-38)46-26-24-43(35-51(46)53)59-65-61(47-19-7-15-39-27-31-71-55(39)47)69-62(66-59)48-20-8-16-40-28-32-72-56(40)48/h1-36H. The average molecular weight is 1020 g/mol. The van der Waals surface area contributed by atoms with E-state index in [0.29, 0.717) is 34.9 Å². The Morgan fingerprint density at radius 2 is 0.541 bits per heavy atom. The van der Waals surface area contributed by atoms with Gasteiger partial charge in [0.1, 0.15) is 0 Å². The van der Waals surface area contributed by atoms with Gasteiger partial charge in [0.05, 0.1) is 0 Å². The number of nitrogens with zero attached hydrogens (tertiary/aromatic N) is 6. The minimum Gasteiger partial charge on any atom is -0.208 e. The SMILES string of the molecule is c1ccc(-c2c3ccc(-c4nc(-c5cccc6ccsc56)nc(-c5cccc6ccsc56)n4)cc3c(-c3ccccc3)c3ccc(-c4nc(-c5cccc6ccsc56)nc(-c5cccc6ccsc56)n4)cc23)cc1. The molecule has 0 amide bonds. The predicted octanol–water partition coefficient (Wildman–Crippen LogP) is 18.6. The van der Waals surface area contributed by atoms with Crippen molar-refractivity contribution in [1.29, 1.82) is 0 Å². The quantitative estimate of drug-likeness (QED) is 0.141. The normalized spacial score (nSPS) is 11.8. The average Bonchev–Trinajstić information content (AvgIpc) is 4.33. The van der Waals surface area contributed by atoms with Crippen LogP contribution in [-0.2, 0) is 0 Å². The summed E-state index contributed by atoms with van der Waals surface area (Å²) in [5, 5.41) is 17.6. The summed E-state index contributed by atoms with van der Waals surface area (Å²) in [5.41, 5.74) is 10.2. The highest BCUT2D eigenvalue weighted by molar-refractivity contribution is 7.18. The van der Waals surface area contributed by atoms with Crippen LogP contribution in [0.2, 0.25) is 0 Å². The second kappa shape index (κ2) is 17.5. The van der Waals surface area contributed by atoms with Crippen molar-refractivity contribution in [3.8, 4) is 90.6 Å². The summed E-state index contributed by atoms with van der Waals surface area (Å²) in [4.78, 5) is 31.9. The molecule has 0 bridgehead atoms. The van der Waals surface area contributed by atoms with Gasteiger partial charge in [-0.1, -0.05) is 133 Å². The molecular formula is C64H36N6S4. The monoisotopic (exact) mass is 1020 g/mol. The van der Waals surface area contributed by atoms with Crippen molar-refractivity contribution in [3.63, 3.8) is 0 Å². The fraction of sp³-hybridized carbons (Fsp3) is 0. The molecule has 0 saturated heterocycles. The van der Waals surface area contributed by atoms with Gasteiger partial charge >= 0.3 is 0 Å². The lowest BCUT2D eigenvalue weighted by atomic mass is 9.84. The van der Waals surface area contributed by atoms with E-state index >= 15 is 0 Å². The lowest BCUT2D eigenvalue weighted by molar-refractivity contribution is 1.08. The van der Waals surface area contributed by atoms with E-state index in [1.54, 1.807) is 45.3 Å². The molecule has 0 radical (unpaired) electrons. The van der Waals surface area contributed by atoms with Crippen LogP contribution in [0.15, 0.2) is 216 Å². The van der Waals surface area contributed by atoms with Crippen LogP contribution in [0.5, 0.6) is 0 Å². The van der Waals surface area contributed by atoms with Crippen molar-refractivity contribution >= 4 is 107 Å². The van der Waals surface area contributed by atoms with Gasteiger partial charge in [0, 0.05) is 52.2 Å². The summed E-state index contributed by atoms with van der Waals surface area (Å²) in [7, 11) is 0. The Morgan fingerprint density at radius 3 is 0.865 bits per heavy atom. The molecule has 0 unspecified atom stereocenters. The van der Waals surface area contributed by atoms with Crippen molar-refractivity contribution < 1.29 is 0 Å². The molecule has 0 aliphatic rings. The molecule has 10 heteroatoms. The number of aromatic nitrogens is 6. The van der Waals surface area contributed by atoms with Crippen LogP contribution in [0.1, 0.15) is 0 Å². The molecule has 74 heavy (non-hydrogen) atoms. The highest BCUT2D eigenvalue weighted by atomic mass is 32.1. The molecule has 0 aliphatic heterocycles. The summed E-state index contributed by atoms with van der Waals surface area (Å²) in [5.74, 6) is 3.82. The van der Waals surface area contributed by atoms with Gasteiger partial charge in [-0.3, -0.25) is 0 Å². The molecule has 15 aromatic rings. The summed E-state index contributed by atoms with van der Waals surface area (Å²) in [6.45, 7) is 0. The minimum absolute atomic E-state index is 0.614. The lowest BCUT2D eigenvalue weighted by Gasteiger charge is -2.19. The van der Waals surface area contributed by atoms with Crippen LogP contribution >= 0.6 is 45.3 Å². The largest absolute Gasteiger partial charge is 0.208 e. The molecule has 15 rings (SSSR count). The Kier molecular flexibility index (Phi) is 10.2. The first-order valence-corrected chi connectivity index (χ1v) is 27.7. The maximum atomic E-state index is 5.35. The molecule has 0 spiro atoms. The fourth-order valence-electron chi connectivity index (χ4n) is 10.5. The molecule has 346 valence electrons. The molecule has 0 atom stereocenters. The first kappa shape index (κ1) is 43.0. The Hall–Kier alpha value is -8.64. The first-order chi connectivity index (χ1) is 36.7. The van der Waals surface area contributed by atoms with E-state index in [1.165, 1.54) is 21.5 Å². The molecule has 6 heterocycles. The number of fused-ring (bicyclic) bond motifs is 6. The highest BCUT2D eigenvalue weighted by Crippen LogP contribution is 2.47. The molecule has 0 N–H and O–H groups in total. The Morgan fingerprint density at radius 1 is 0.230 bits per heavy atom. The minimum atomic E-state index is 0.614. The number of thiophene rings is 4. The molecular weight excluding hydrogens is 981 g/mol. The molecule has 6 aromatic heterocycles. The summed E-state index contributed by atoms with van der Waals surface area (Å²) >= 11 is 6.84. The van der Waals surface area contributed by atoms with Gasteiger partial charge in [-0.15, -0.1) is 45.3 Å². The van der Waals surface area contributed by atoms with Crippen molar-refractivity contribution in [3.05, 3.63) is 216 Å². The van der Waals surface area contributed by atoms with Crippen LogP contribution in [-0.4, -0.2) is 29.9 Å². The summed E-state index contributed by atoms with van der Waals surface area (Å²) < 4.78 is 4.60. The van der Waals surface area contributed by atoms with E-state index in [2.05, 4.69) is 216 Å². The number of hydrogen-bond donors (Lipinski definition) is 0. The van der Waals surface area contributed by atoms with Gasteiger partial charge in [-0.2, -0.15) is 0 Å². The highest BCUT2D eigenvalue weighted by Gasteiger charge is 2.23. The van der Waals surface area contributed by atoms with Crippen LogP contribution in [0.4, 0.5) is 0 Å². The van der Waals surface area contributed by atoms with Gasteiger partial charge in [0.15, 0.2) is 34.9 Å². The maximum Gasteiger partial charge on any atom is 0.165 e. The fourth-order valence-corrected chi connectivity index (χ4v) is 14.1. The van der Waals surface area contributed by atoms with E-state index < -0.39 is 0 Å². The molecule has 9 aromatic carbocycles. The molecule has 0 fully saturated rings. The van der Waals surface area contributed by atoms with E-state index in [0.717, 1.165) is 96.0 Å². The Bertz CT molecular complexity index is 4210. The zero-order chi connectivity index (χ0) is 48.7. The van der Waals surface area contributed by atoms with Crippen LogP contribution < -0.4 is 0 Å². The molecule has 6 nitrogen and oxygen atoms in total. The lowest BCUT2D eigenvalue weighted by Crippen LogP contribution is -2.01. The third-order valence-electron chi connectivity index (χ3n) is 13.9. The zero-order valence-corrected chi connectivity index (χ0v) is 42.4. The predicted molar refractivity (Wildman–Crippen MR) is 313 cm³/mol. The summed E-state index contributed by atoms with van der Waals surface area (Å²) in [6.07, 6.45) is 0. The topological polar surface area (TPSA) is 77.3 Å². The van der Waals surface area contributed by atoms with Gasteiger partial charge in [0.25, 0.3) is 0 Å². The van der Waals surface area contributed by atoms with E-state index in [1.807, 2.05) is 0 Å². The molecule has 0 saturated carbocycles. The van der Waals surface area contributed by atoms with Crippen molar-refractivity contribution in [2.45, 2.75) is 0 Å². The smallest absolute Gasteiger partial charge is 0.165 e. The number of benzene rings is 9. The number of rotatable bonds is 8. The Labute approximate surface area is 440 Å². The molecule has 0 aliphatic carbocycles. The van der Waals surface area contributed by atoms with Crippen molar-refractivity contribution in [1.82, 2.24) is 29.9 Å². The van der Waals surface area contributed by atoms with Crippen LogP contribution in [0.25, 0.3) is 152 Å². The second-order valence-electron chi connectivity index (χ2n) is 18.2. The van der Waals surface area contributed by atoms with Crippen LogP contribution in [0.3, 0.4) is 0 Å². The summed E-state index contributed by atoms with van der Waals surface area (Å²) in [6, 6.07) is 69.0.